The molecule has 1 unspecified atom stereocenters. The molecule has 0 aromatic heterocycles. The number of carbonyl (C=O) groups is 3. The number of aryl methyl sites for hydroxylation is 1. The van der Waals surface area contributed by atoms with Gasteiger partial charge in [0.2, 0.25) is 5.91 Å². The van der Waals surface area contributed by atoms with Gasteiger partial charge in [0.05, 0.1) is 11.3 Å². The predicted octanol–water partition coefficient (Wildman–Crippen LogP) is 2.94. The maximum atomic E-state index is 12.7. The van der Waals surface area contributed by atoms with Crippen molar-refractivity contribution in [3.63, 3.8) is 0 Å². The molecule has 0 aliphatic carbocycles. The first-order chi connectivity index (χ1) is 11.5. The quantitative estimate of drug-likeness (QED) is 0.880. The Bertz CT molecular complexity index is 815. The van der Waals surface area contributed by atoms with E-state index in [4.69, 9.17) is 0 Å². The van der Waals surface area contributed by atoms with Crippen LogP contribution in [0.4, 0.5) is 11.4 Å². The van der Waals surface area contributed by atoms with E-state index < -0.39 is 17.7 Å². The zero-order chi connectivity index (χ0) is 17.3. The highest BCUT2D eigenvalue weighted by molar-refractivity contribution is 6.53. The molecule has 1 aliphatic heterocycles. The molecule has 24 heavy (non-hydrogen) atoms. The van der Waals surface area contributed by atoms with Crippen molar-refractivity contribution >= 4 is 29.0 Å². The smallest absolute Gasteiger partial charge is 0.300 e. The Kier molecular flexibility index (Phi) is 4.16. The number of nitrogens with zero attached hydrogens (tertiary/aromatic N) is 1. The molecule has 0 bridgehead atoms. The van der Waals surface area contributed by atoms with Gasteiger partial charge in [0.15, 0.2) is 0 Å². The highest BCUT2D eigenvalue weighted by Gasteiger charge is 2.42. The monoisotopic (exact) mass is 322 g/mol. The van der Waals surface area contributed by atoms with Gasteiger partial charge in [-0.3, -0.25) is 19.3 Å². The molecule has 1 N–H and O–H groups in total. The van der Waals surface area contributed by atoms with Crippen LogP contribution in [-0.4, -0.2) is 23.6 Å². The first-order valence-electron chi connectivity index (χ1n) is 7.88. The first-order valence-corrected chi connectivity index (χ1v) is 7.88. The van der Waals surface area contributed by atoms with E-state index in [0.29, 0.717) is 23.4 Å². The third kappa shape index (κ3) is 2.58. The molecule has 2 amide bonds. The average Bonchev–Trinajstić information content (AvgIpc) is 2.83. The fourth-order valence-electron chi connectivity index (χ4n) is 3.02. The van der Waals surface area contributed by atoms with Crippen LogP contribution in [0.5, 0.6) is 0 Å². The van der Waals surface area contributed by atoms with Gasteiger partial charge in [-0.05, 0) is 37.1 Å². The lowest BCUT2D eigenvalue weighted by Gasteiger charge is -2.27. The molecule has 0 spiro atoms. The van der Waals surface area contributed by atoms with E-state index in [9.17, 15) is 14.4 Å². The molecule has 1 atom stereocenters. The number of para-hydroxylation sites is 2. The van der Waals surface area contributed by atoms with Crippen molar-refractivity contribution in [2.24, 2.45) is 0 Å². The number of rotatable bonds is 4. The van der Waals surface area contributed by atoms with Crippen LogP contribution >= 0.6 is 0 Å². The number of nitrogens with one attached hydrogen (secondary N) is 1. The van der Waals surface area contributed by atoms with Crippen LogP contribution in [0.1, 0.15) is 29.3 Å². The molecule has 2 aromatic rings. The summed E-state index contributed by atoms with van der Waals surface area (Å²) < 4.78 is 0. The third-order valence-electron chi connectivity index (χ3n) is 4.18. The Morgan fingerprint density at radius 1 is 1.08 bits per heavy atom. The average molecular weight is 322 g/mol. The lowest BCUT2D eigenvalue weighted by molar-refractivity contribution is -0.121. The molecule has 5 nitrogen and oxygen atoms in total. The fraction of sp³-hybridized carbons (Fsp3) is 0.211. The van der Waals surface area contributed by atoms with E-state index in [1.807, 2.05) is 38.1 Å². The van der Waals surface area contributed by atoms with E-state index >= 15 is 0 Å². The topological polar surface area (TPSA) is 66.5 Å². The maximum Gasteiger partial charge on any atom is 0.300 e. The molecular formula is C19H18N2O3. The number of carbonyl (C=O) groups excluding carboxylic acids is 3. The minimum atomic E-state index is -0.732. The summed E-state index contributed by atoms with van der Waals surface area (Å²) >= 11 is 0. The Hall–Kier alpha value is -2.95. The summed E-state index contributed by atoms with van der Waals surface area (Å²) in [6.07, 6.45) is 0.408. The van der Waals surface area contributed by atoms with Crippen molar-refractivity contribution in [1.29, 1.82) is 0 Å². The summed E-state index contributed by atoms with van der Waals surface area (Å²) in [6.45, 7) is 3.66. The summed E-state index contributed by atoms with van der Waals surface area (Å²) in [5.41, 5.74) is 2.37. The van der Waals surface area contributed by atoms with Crippen molar-refractivity contribution in [3.8, 4) is 0 Å². The standard InChI is InChI=1S/C19H18N2O3/c1-3-15(18(23)20-13-9-5-4-6-10-13)21-16-12(2)8-7-11-14(16)17(22)19(21)24/h4-11,15H,3H2,1-2H3,(H,20,23). The lowest BCUT2D eigenvalue weighted by atomic mass is 10.1. The summed E-state index contributed by atoms with van der Waals surface area (Å²) in [7, 11) is 0. The fourth-order valence-corrected chi connectivity index (χ4v) is 3.02. The van der Waals surface area contributed by atoms with Crippen LogP contribution in [0, 0.1) is 6.92 Å². The van der Waals surface area contributed by atoms with Crippen LogP contribution in [0.2, 0.25) is 0 Å². The van der Waals surface area contributed by atoms with Gasteiger partial charge in [-0.25, -0.2) is 0 Å². The van der Waals surface area contributed by atoms with Gasteiger partial charge >= 0.3 is 0 Å². The number of hydrogen-bond acceptors (Lipinski definition) is 3. The molecule has 0 fully saturated rings. The highest BCUT2D eigenvalue weighted by atomic mass is 16.2. The second-order valence-corrected chi connectivity index (χ2v) is 5.75. The van der Waals surface area contributed by atoms with Crippen molar-refractivity contribution in [2.45, 2.75) is 26.3 Å². The van der Waals surface area contributed by atoms with E-state index in [0.717, 1.165) is 5.56 Å². The first kappa shape index (κ1) is 15.9. The second-order valence-electron chi connectivity index (χ2n) is 5.75. The molecule has 3 rings (SSSR count). The molecule has 1 aliphatic rings. The van der Waals surface area contributed by atoms with Gasteiger partial charge in [-0.2, -0.15) is 0 Å². The van der Waals surface area contributed by atoms with Gasteiger partial charge in [-0.1, -0.05) is 37.3 Å². The number of amides is 2. The predicted molar refractivity (Wildman–Crippen MR) is 92.1 cm³/mol. The maximum absolute atomic E-state index is 12.7. The Balaban J connectivity index is 1.96. The number of Topliss-reactive ketones (excluding diaryl/α,β-unsaturated/α-hetero) is 1. The van der Waals surface area contributed by atoms with E-state index in [1.54, 1.807) is 24.3 Å². The molecule has 0 radical (unpaired) electrons. The van der Waals surface area contributed by atoms with Crippen molar-refractivity contribution in [2.75, 3.05) is 10.2 Å². The van der Waals surface area contributed by atoms with Gasteiger partial charge in [0.25, 0.3) is 11.7 Å². The lowest BCUT2D eigenvalue weighted by Crippen LogP contribution is -2.46. The zero-order valence-electron chi connectivity index (χ0n) is 13.6. The molecule has 1 heterocycles. The molecular weight excluding hydrogens is 304 g/mol. The minimum Gasteiger partial charge on any atom is -0.324 e. The Morgan fingerprint density at radius 3 is 2.46 bits per heavy atom. The number of anilines is 2. The van der Waals surface area contributed by atoms with Crippen LogP contribution in [0.3, 0.4) is 0 Å². The molecule has 122 valence electrons. The zero-order valence-corrected chi connectivity index (χ0v) is 13.6. The van der Waals surface area contributed by atoms with Crippen LogP contribution in [-0.2, 0) is 9.59 Å². The molecule has 2 aromatic carbocycles. The van der Waals surface area contributed by atoms with Gasteiger partial charge in [0.1, 0.15) is 6.04 Å². The second kappa shape index (κ2) is 6.28. The van der Waals surface area contributed by atoms with Crippen LogP contribution in [0.25, 0.3) is 0 Å². The van der Waals surface area contributed by atoms with Crippen molar-refractivity contribution in [1.82, 2.24) is 0 Å². The third-order valence-corrected chi connectivity index (χ3v) is 4.18. The van der Waals surface area contributed by atoms with Gasteiger partial charge in [-0.15, -0.1) is 0 Å². The van der Waals surface area contributed by atoms with Crippen LogP contribution in [0.15, 0.2) is 48.5 Å². The van der Waals surface area contributed by atoms with E-state index in [2.05, 4.69) is 5.32 Å². The minimum absolute atomic E-state index is 0.305. The Labute approximate surface area is 140 Å². The van der Waals surface area contributed by atoms with E-state index in [1.165, 1.54) is 4.90 Å². The summed E-state index contributed by atoms with van der Waals surface area (Å²) in [6, 6.07) is 13.5. The normalized spacial score (nSPS) is 14.5. The Morgan fingerprint density at radius 2 is 1.79 bits per heavy atom. The summed E-state index contributed by atoms with van der Waals surface area (Å²) in [5, 5.41) is 2.81. The van der Waals surface area contributed by atoms with Crippen molar-refractivity contribution in [3.05, 3.63) is 59.7 Å². The molecule has 0 saturated carbocycles. The number of benzene rings is 2. The molecule has 0 saturated heterocycles. The number of ketones is 1. The van der Waals surface area contributed by atoms with Crippen LogP contribution < -0.4 is 10.2 Å². The largest absolute Gasteiger partial charge is 0.324 e. The van der Waals surface area contributed by atoms with E-state index in [-0.39, 0.29) is 5.91 Å². The highest BCUT2D eigenvalue weighted by Crippen LogP contribution is 2.34. The number of fused-ring (bicyclic) bond motifs is 1. The summed E-state index contributed by atoms with van der Waals surface area (Å²) in [4.78, 5) is 38.7. The van der Waals surface area contributed by atoms with Crippen molar-refractivity contribution < 1.29 is 14.4 Å². The molecule has 5 heteroatoms. The van der Waals surface area contributed by atoms with Gasteiger partial charge < -0.3 is 5.32 Å². The van der Waals surface area contributed by atoms with Gasteiger partial charge in [0, 0.05) is 5.69 Å². The number of hydrogen-bond donors (Lipinski definition) is 1. The summed E-state index contributed by atoms with van der Waals surface area (Å²) in [5.74, 6) is -1.50. The SMILES string of the molecule is CCC(C(=O)Nc1ccccc1)N1C(=O)C(=O)c2cccc(C)c21.